The molecule has 3 aromatic rings. The normalized spacial score (nSPS) is 17.9. The number of carbonyl (C=O) groups is 1. The van der Waals surface area contributed by atoms with Crippen molar-refractivity contribution in [3.05, 3.63) is 59.4 Å². The Bertz CT molecular complexity index is 1130. The van der Waals surface area contributed by atoms with Gasteiger partial charge in [-0.2, -0.15) is 0 Å². The molecule has 0 unspecified atom stereocenters. The molecule has 1 N–H and O–H groups in total. The molecule has 0 radical (unpaired) electrons. The molecule has 1 aliphatic rings. The highest BCUT2D eigenvalue weighted by Crippen LogP contribution is 2.34. The van der Waals surface area contributed by atoms with Crippen molar-refractivity contribution in [2.75, 3.05) is 13.2 Å². The molecule has 2 aromatic carbocycles. The fourth-order valence-corrected chi connectivity index (χ4v) is 4.39. The third-order valence-electron chi connectivity index (χ3n) is 6.30. The molecule has 0 bridgehead atoms. The van der Waals surface area contributed by atoms with Crippen LogP contribution in [-0.2, 0) is 11.3 Å². The van der Waals surface area contributed by atoms with E-state index in [1.807, 2.05) is 54.3 Å². The molecular formula is C26H33N3O3. The Morgan fingerprint density at radius 1 is 1.16 bits per heavy atom. The number of aliphatic hydroxyl groups excluding tert-OH is 1. The molecule has 170 valence electrons. The number of imidazole rings is 1. The minimum atomic E-state index is -0.705. The smallest absolute Gasteiger partial charge is 0.223 e. The fourth-order valence-electron chi connectivity index (χ4n) is 4.39. The van der Waals surface area contributed by atoms with E-state index in [0.29, 0.717) is 19.5 Å². The van der Waals surface area contributed by atoms with Crippen molar-refractivity contribution in [3.8, 4) is 5.75 Å². The summed E-state index contributed by atoms with van der Waals surface area (Å²) in [7, 11) is 0. The van der Waals surface area contributed by atoms with Gasteiger partial charge in [0.25, 0.3) is 0 Å². The number of ether oxygens (including phenoxy) is 1. The molecule has 4 rings (SSSR count). The number of nitrogens with zero attached hydrogens (tertiary/aromatic N) is 3. The van der Waals surface area contributed by atoms with E-state index in [-0.39, 0.29) is 24.0 Å². The quantitative estimate of drug-likeness (QED) is 0.630. The lowest BCUT2D eigenvalue weighted by atomic mass is 10.1. The number of carbonyl (C=O) groups excluding carboxylic acids is 1. The van der Waals surface area contributed by atoms with Crippen molar-refractivity contribution in [2.24, 2.45) is 0 Å². The molecular weight excluding hydrogens is 402 g/mol. The number of rotatable bonds is 6. The second-order valence-electron chi connectivity index (χ2n) is 9.86. The van der Waals surface area contributed by atoms with Gasteiger partial charge in [0.1, 0.15) is 24.3 Å². The molecule has 32 heavy (non-hydrogen) atoms. The van der Waals surface area contributed by atoms with Crippen LogP contribution < -0.4 is 4.74 Å². The summed E-state index contributed by atoms with van der Waals surface area (Å²) in [6.45, 7) is 11.5. The lowest BCUT2D eigenvalue weighted by molar-refractivity contribution is -0.131. The van der Waals surface area contributed by atoms with Crippen molar-refractivity contribution in [2.45, 2.75) is 65.1 Å². The van der Waals surface area contributed by atoms with E-state index < -0.39 is 6.10 Å². The van der Waals surface area contributed by atoms with Crippen molar-refractivity contribution in [1.29, 1.82) is 0 Å². The topological polar surface area (TPSA) is 67.6 Å². The molecule has 2 atom stereocenters. The number of amides is 1. The highest BCUT2D eigenvalue weighted by Gasteiger charge is 2.39. The average Bonchev–Trinajstić information content (AvgIpc) is 3.30. The van der Waals surface area contributed by atoms with Crippen LogP contribution in [0.15, 0.2) is 42.5 Å². The Morgan fingerprint density at radius 3 is 2.59 bits per heavy atom. The van der Waals surface area contributed by atoms with E-state index in [0.717, 1.165) is 28.2 Å². The number of hydrogen-bond acceptors (Lipinski definition) is 4. The van der Waals surface area contributed by atoms with Gasteiger partial charge >= 0.3 is 0 Å². The molecule has 1 fully saturated rings. The van der Waals surface area contributed by atoms with E-state index in [1.54, 1.807) is 0 Å². The van der Waals surface area contributed by atoms with Gasteiger partial charge in [0.15, 0.2) is 0 Å². The third kappa shape index (κ3) is 4.51. The van der Waals surface area contributed by atoms with Gasteiger partial charge in [-0.15, -0.1) is 0 Å². The SMILES string of the molecule is Cc1ccc(OC[C@H](O)Cn2c([C@H]3CC(=O)N(C(C)(C)C)C3)nc3ccccc32)cc1C. The molecule has 1 saturated heterocycles. The summed E-state index contributed by atoms with van der Waals surface area (Å²) in [4.78, 5) is 19.5. The summed E-state index contributed by atoms with van der Waals surface area (Å²) < 4.78 is 7.93. The van der Waals surface area contributed by atoms with Crippen LogP contribution in [0.25, 0.3) is 11.0 Å². The maximum absolute atomic E-state index is 12.7. The van der Waals surface area contributed by atoms with Crippen LogP contribution >= 0.6 is 0 Å². The van der Waals surface area contributed by atoms with E-state index in [1.165, 1.54) is 5.56 Å². The van der Waals surface area contributed by atoms with E-state index in [4.69, 9.17) is 9.72 Å². The van der Waals surface area contributed by atoms with Gasteiger partial charge in [0.05, 0.1) is 17.6 Å². The molecule has 1 aromatic heterocycles. The highest BCUT2D eigenvalue weighted by atomic mass is 16.5. The number of aryl methyl sites for hydroxylation is 2. The maximum Gasteiger partial charge on any atom is 0.223 e. The lowest BCUT2D eigenvalue weighted by Gasteiger charge is -2.32. The van der Waals surface area contributed by atoms with Gasteiger partial charge in [-0.1, -0.05) is 18.2 Å². The Hall–Kier alpha value is -2.86. The summed E-state index contributed by atoms with van der Waals surface area (Å²) in [5.41, 5.74) is 4.00. The van der Waals surface area contributed by atoms with Crippen molar-refractivity contribution in [3.63, 3.8) is 0 Å². The van der Waals surface area contributed by atoms with E-state index in [9.17, 15) is 9.90 Å². The zero-order chi connectivity index (χ0) is 23.0. The molecule has 2 heterocycles. The van der Waals surface area contributed by atoms with E-state index >= 15 is 0 Å². The van der Waals surface area contributed by atoms with Gasteiger partial charge in [0.2, 0.25) is 5.91 Å². The Labute approximate surface area is 189 Å². The standard InChI is InChI=1S/C26H33N3O3/c1-17-10-11-21(12-18(17)2)32-16-20(30)15-28-23-9-7-6-8-22(23)27-25(28)19-13-24(31)29(14-19)26(3,4)5/h6-12,19-20,30H,13-16H2,1-5H3/t19-,20+/m0/s1. The third-order valence-corrected chi connectivity index (χ3v) is 6.30. The number of aromatic nitrogens is 2. The summed E-state index contributed by atoms with van der Waals surface area (Å²) in [6.07, 6.45) is -0.265. The molecule has 0 spiro atoms. The average molecular weight is 436 g/mol. The number of hydrogen-bond donors (Lipinski definition) is 1. The first-order valence-corrected chi connectivity index (χ1v) is 11.3. The van der Waals surface area contributed by atoms with Crippen LogP contribution in [0.4, 0.5) is 0 Å². The minimum absolute atomic E-state index is 0.00184. The van der Waals surface area contributed by atoms with Crippen LogP contribution in [0.2, 0.25) is 0 Å². The summed E-state index contributed by atoms with van der Waals surface area (Å²) in [6, 6.07) is 13.9. The summed E-state index contributed by atoms with van der Waals surface area (Å²) >= 11 is 0. The molecule has 6 nitrogen and oxygen atoms in total. The first-order valence-electron chi connectivity index (χ1n) is 11.3. The maximum atomic E-state index is 12.7. The summed E-state index contributed by atoms with van der Waals surface area (Å²) in [5.74, 6) is 1.77. The van der Waals surface area contributed by atoms with Crippen molar-refractivity contribution >= 4 is 16.9 Å². The number of para-hydroxylation sites is 2. The first kappa shape index (κ1) is 22.3. The van der Waals surface area contributed by atoms with Gasteiger partial charge < -0.3 is 19.3 Å². The number of benzene rings is 2. The Morgan fingerprint density at radius 2 is 1.91 bits per heavy atom. The molecule has 1 aliphatic heterocycles. The van der Waals surface area contributed by atoms with Crippen LogP contribution in [0.3, 0.4) is 0 Å². The first-order chi connectivity index (χ1) is 15.1. The second-order valence-corrected chi connectivity index (χ2v) is 9.86. The Kier molecular flexibility index (Phi) is 5.99. The van der Waals surface area contributed by atoms with E-state index in [2.05, 4.69) is 32.3 Å². The Balaban J connectivity index is 1.55. The van der Waals surface area contributed by atoms with Crippen molar-refractivity contribution in [1.82, 2.24) is 14.5 Å². The van der Waals surface area contributed by atoms with Gasteiger partial charge in [-0.3, -0.25) is 4.79 Å². The van der Waals surface area contributed by atoms with Crippen LogP contribution in [-0.4, -0.2) is 50.3 Å². The summed E-state index contributed by atoms with van der Waals surface area (Å²) in [5, 5.41) is 10.8. The molecule has 6 heteroatoms. The van der Waals surface area contributed by atoms with Gasteiger partial charge in [0, 0.05) is 24.4 Å². The predicted molar refractivity (Wildman–Crippen MR) is 126 cm³/mol. The zero-order valence-electron chi connectivity index (χ0n) is 19.6. The number of aliphatic hydroxyl groups is 1. The van der Waals surface area contributed by atoms with Crippen molar-refractivity contribution < 1.29 is 14.6 Å². The molecule has 1 amide bonds. The number of likely N-dealkylation sites (tertiary alicyclic amines) is 1. The van der Waals surface area contributed by atoms with Crippen LogP contribution in [0.5, 0.6) is 5.75 Å². The van der Waals surface area contributed by atoms with Gasteiger partial charge in [-0.25, -0.2) is 4.98 Å². The predicted octanol–water partition coefficient (Wildman–Crippen LogP) is 4.21. The molecule has 0 saturated carbocycles. The highest BCUT2D eigenvalue weighted by molar-refractivity contribution is 5.81. The molecule has 0 aliphatic carbocycles. The van der Waals surface area contributed by atoms with Crippen LogP contribution in [0.1, 0.15) is 50.1 Å². The minimum Gasteiger partial charge on any atom is -0.491 e. The monoisotopic (exact) mass is 435 g/mol. The number of fused-ring (bicyclic) bond motifs is 1. The lowest BCUT2D eigenvalue weighted by Crippen LogP contribution is -2.42. The fraction of sp³-hybridized carbons (Fsp3) is 0.462. The zero-order valence-corrected chi connectivity index (χ0v) is 19.6. The largest absolute Gasteiger partial charge is 0.491 e. The van der Waals surface area contributed by atoms with Crippen LogP contribution in [0, 0.1) is 13.8 Å². The van der Waals surface area contributed by atoms with Gasteiger partial charge in [-0.05, 0) is 70.0 Å². The second kappa shape index (κ2) is 8.58.